The Morgan fingerprint density at radius 2 is 1.89 bits per heavy atom. The number of carbonyl (C=O) groups is 1. The predicted octanol–water partition coefficient (Wildman–Crippen LogP) is 4.27. The highest BCUT2D eigenvalue weighted by Gasteiger charge is 2.25. The third-order valence-electron chi connectivity index (χ3n) is 4.97. The number of anilines is 1. The molecule has 1 amide bonds. The van der Waals surface area contributed by atoms with Crippen molar-refractivity contribution in [1.82, 2.24) is 14.9 Å². The number of amides is 1. The lowest BCUT2D eigenvalue weighted by Gasteiger charge is -2.38. The maximum Gasteiger partial charge on any atom is 0.210 e. The van der Waals surface area contributed by atoms with Crippen molar-refractivity contribution in [3.8, 4) is 11.1 Å². The van der Waals surface area contributed by atoms with Gasteiger partial charge in [0.25, 0.3) is 0 Å². The second-order valence-corrected chi connectivity index (χ2v) is 7.54. The smallest absolute Gasteiger partial charge is 0.210 e. The van der Waals surface area contributed by atoms with Gasteiger partial charge in [0.2, 0.25) is 6.41 Å². The number of benzene rings is 2. The largest absolute Gasteiger partial charge is 0.352 e. The number of hydrogen-bond acceptors (Lipinski definition) is 4. The number of nitrogens with zero attached hydrogens (tertiary/aromatic N) is 4. The number of halogens is 2. The van der Waals surface area contributed by atoms with E-state index in [0.29, 0.717) is 16.6 Å². The molecule has 1 aliphatic heterocycles. The monoisotopic (exact) mass is 400 g/mol. The van der Waals surface area contributed by atoms with Gasteiger partial charge < -0.3 is 9.80 Å². The lowest BCUT2D eigenvalue weighted by molar-refractivity contribution is -0.120. The molecule has 1 atom stereocenters. The Morgan fingerprint density at radius 3 is 2.59 bits per heavy atom. The number of carbonyl (C=O) groups excluding carboxylic acids is 1. The fourth-order valence-electron chi connectivity index (χ4n) is 3.49. The van der Waals surface area contributed by atoms with Gasteiger partial charge in [-0.05, 0) is 36.8 Å². The molecule has 2 heterocycles. The Bertz CT molecular complexity index is 993. The number of fused-ring (bicyclic) bond motifs is 1. The normalized spacial score (nSPS) is 17.4. The SMILES string of the molecule is C[C@@H]1CN(c2ncnc3cc(Cl)c(-c4ccc(Cl)cc4)cc23)CCN1C=O. The van der Waals surface area contributed by atoms with Crippen LogP contribution in [0.15, 0.2) is 42.7 Å². The number of aromatic nitrogens is 2. The standard InChI is InChI=1S/C20H18Cl2N4O/c1-13-10-25(6-7-26(13)12-27)20-17-8-16(14-2-4-15(21)5-3-14)18(22)9-19(17)23-11-24-20/h2-5,8-9,11-13H,6-7,10H2,1H3/t13-/m1/s1. The molecule has 3 aromatic rings. The lowest BCUT2D eigenvalue weighted by atomic mass is 10.0. The summed E-state index contributed by atoms with van der Waals surface area (Å²) in [4.78, 5) is 24.1. The zero-order valence-corrected chi connectivity index (χ0v) is 16.3. The average Bonchev–Trinajstić information content (AvgIpc) is 2.67. The van der Waals surface area contributed by atoms with Gasteiger partial charge in [0.1, 0.15) is 12.1 Å². The van der Waals surface area contributed by atoms with E-state index in [1.165, 1.54) is 0 Å². The molecule has 0 N–H and O–H groups in total. The van der Waals surface area contributed by atoms with Crippen LogP contribution in [0, 0.1) is 0 Å². The molecule has 0 unspecified atom stereocenters. The van der Waals surface area contributed by atoms with Crippen LogP contribution in [-0.4, -0.2) is 47.0 Å². The van der Waals surface area contributed by atoms with Crippen molar-refractivity contribution in [2.24, 2.45) is 0 Å². The quantitative estimate of drug-likeness (QED) is 0.615. The first kappa shape index (κ1) is 18.0. The van der Waals surface area contributed by atoms with E-state index < -0.39 is 0 Å². The third kappa shape index (κ3) is 3.45. The second-order valence-electron chi connectivity index (χ2n) is 6.69. The molecular weight excluding hydrogens is 383 g/mol. The van der Waals surface area contributed by atoms with Crippen LogP contribution in [0.4, 0.5) is 5.82 Å². The topological polar surface area (TPSA) is 49.3 Å². The van der Waals surface area contributed by atoms with Gasteiger partial charge in [-0.3, -0.25) is 4.79 Å². The van der Waals surface area contributed by atoms with E-state index >= 15 is 0 Å². The minimum Gasteiger partial charge on any atom is -0.352 e. The molecule has 1 fully saturated rings. The molecule has 0 saturated carbocycles. The number of piperazine rings is 1. The van der Waals surface area contributed by atoms with Crippen molar-refractivity contribution in [2.45, 2.75) is 13.0 Å². The first-order valence-corrected chi connectivity index (χ1v) is 9.48. The molecule has 0 bridgehead atoms. The van der Waals surface area contributed by atoms with Crippen molar-refractivity contribution >= 4 is 46.3 Å². The van der Waals surface area contributed by atoms with Crippen molar-refractivity contribution in [1.29, 1.82) is 0 Å². The molecule has 1 saturated heterocycles. The Kier molecular flexibility index (Phi) is 4.89. The third-order valence-corrected chi connectivity index (χ3v) is 5.54. The number of hydrogen-bond donors (Lipinski definition) is 0. The highest BCUT2D eigenvalue weighted by Crippen LogP contribution is 2.35. The summed E-state index contributed by atoms with van der Waals surface area (Å²) in [5, 5.41) is 2.26. The van der Waals surface area contributed by atoms with Gasteiger partial charge in [0.05, 0.1) is 10.5 Å². The average molecular weight is 401 g/mol. The lowest BCUT2D eigenvalue weighted by Crippen LogP contribution is -2.51. The molecule has 1 aliphatic rings. The molecule has 27 heavy (non-hydrogen) atoms. The van der Waals surface area contributed by atoms with Crippen molar-refractivity contribution in [2.75, 3.05) is 24.5 Å². The molecule has 5 nitrogen and oxygen atoms in total. The van der Waals surface area contributed by atoms with Crippen molar-refractivity contribution in [3.63, 3.8) is 0 Å². The minimum atomic E-state index is 0.129. The van der Waals surface area contributed by atoms with Crippen LogP contribution >= 0.6 is 23.2 Å². The summed E-state index contributed by atoms with van der Waals surface area (Å²) in [7, 11) is 0. The highest BCUT2D eigenvalue weighted by atomic mass is 35.5. The van der Waals surface area contributed by atoms with E-state index in [4.69, 9.17) is 23.2 Å². The van der Waals surface area contributed by atoms with Gasteiger partial charge >= 0.3 is 0 Å². The van der Waals surface area contributed by atoms with Gasteiger partial charge in [-0.1, -0.05) is 35.3 Å². The fourth-order valence-corrected chi connectivity index (χ4v) is 3.88. The van der Waals surface area contributed by atoms with Gasteiger partial charge in [0, 0.05) is 41.6 Å². The zero-order valence-electron chi connectivity index (χ0n) is 14.8. The van der Waals surface area contributed by atoms with E-state index in [1.807, 2.05) is 48.2 Å². The summed E-state index contributed by atoms with van der Waals surface area (Å²) in [6.45, 7) is 4.17. The molecular formula is C20H18Cl2N4O. The maximum absolute atomic E-state index is 11.1. The van der Waals surface area contributed by atoms with E-state index in [-0.39, 0.29) is 6.04 Å². The fraction of sp³-hybridized carbons (Fsp3) is 0.250. The second kappa shape index (κ2) is 7.33. The summed E-state index contributed by atoms with van der Waals surface area (Å²) in [6.07, 6.45) is 2.48. The van der Waals surface area contributed by atoms with Crippen LogP contribution in [0.5, 0.6) is 0 Å². The molecule has 1 aromatic heterocycles. The molecule has 0 radical (unpaired) electrons. The molecule has 0 aliphatic carbocycles. The summed E-state index contributed by atoms with van der Waals surface area (Å²) < 4.78 is 0. The van der Waals surface area contributed by atoms with Crippen molar-refractivity contribution < 1.29 is 4.79 Å². The molecule has 2 aromatic carbocycles. The Labute approximate surface area is 167 Å². The minimum absolute atomic E-state index is 0.129. The molecule has 138 valence electrons. The van der Waals surface area contributed by atoms with E-state index in [2.05, 4.69) is 14.9 Å². The summed E-state index contributed by atoms with van der Waals surface area (Å²) >= 11 is 12.5. The predicted molar refractivity (Wildman–Crippen MR) is 109 cm³/mol. The van der Waals surface area contributed by atoms with E-state index in [0.717, 1.165) is 47.3 Å². The first-order chi connectivity index (χ1) is 13.1. The Morgan fingerprint density at radius 1 is 1.11 bits per heavy atom. The first-order valence-electron chi connectivity index (χ1n) is 8.73. The van der Waals surface area contributed by atoms with E-state index in [9.17, 15) is 4.79 Å². The van der Waals surface area contributed by atoms with Gasteiger partial charge in [0.15, 0.2) is 0 Å². The molecule has 4 rings (SSSR count). The van der Waals surface area contributed by atoms with E-state index in [1.54, 1.807) is 6.33 Å². The summed E-state index contributed by atoms with van der Waals surface area (Å²) in [5.74, 6) is 0.865. The van der Waals surface area contributed by atoms with Crippen LogP contribution in [0.25, 0.3) is 22.0 Å². The number of rotatable bonds is 3. The Hall–Kier alpha value is -2.37. The molecule has 7 heteroatoms. The van der Waals surface area contributed by atoms with Crippen LogP contribution < -0.4 is 4.90 Å². The van der Waals surface area contributed by atoms with Crippen molar-refractivity contribution in [3.05, 3.63) is 52.8 Å². The van der Waals surface area contributed by atoms with Gasteiger partial charge in [-0.25, -0.2) is 9.97 Å². The summed E-state index contributed by atoms with van der Waals surface area (Å²) in [5.41, 5.74) is 2.70. The van der Waals surface area contributed by atoms with Crippen LogP contribution in [0.2, 0.25) is 10.0 Å². The van der Waals surface area contributed by atoms with Gasteiger partial charge in [-0.2, -0.15) is 0 Å². The Balaban J connectivity index is 1.79. The highest BCUT2D eigenvalue weighted by molar-refractivity contribution is 6.34. The van der Waals surface area contributed by atoms with Crippen LogP contribution in [-0.2, 0) is 4.79 Å². The van der Waals surface area contributed by atoms with Crippen LogP contribution in [0.1, 0.15) is 6.92 Å². The van der Waals surface area contributed by atoms with Crippen LogP contribution in [0.3, 0.4) is 0 Å². The maximum atomic E-state index is 11.1. The summed E-state index contributed by atoms with van der Waals surface area (Å²) in [6, 6.07) is 11.6. The zero-order chi connectivity index (χ0) is 19.0. The molecule has 0 spiro atoms. The van der Waals surface area contributed by atoms with Gasteiger partial charge in [-0.15, -0.1) is 0 Å².